The van der Waals surface area contributed by atoms with Gasteiger partial charge < -0.3 is 4.74 Å². The lowest BCUT2D eigenvalue weighted by Crippen LogP contribution is -2.16. The summed E-state index contributed by atoms with van der Waals surface area (Å²) in [5.74, 6) is -0.262. The predicted octanol–water partition coefficient (Wildman–Crippen LogP) is 2.17. The fraction of sp³-hybridized carbons (Fsp3) is 0.636. The molecule has 82 valence electrons. The van der Waals surface area contributed by atoms with E-state index in [2.05, 4.69) is 5.10 Å². The van der Waals surface area contributed by atoms with Crippen LogP contribution in [-0.4, -0.2) is 22.4 Å². The van der Waals surface area contributed by atoms with Gasteiger partial charge in [0.1, 0.15) is 5.69 Å². The lowest BCUT2D eigenvalue weighted by molar-refractivity contribution is 0.0509. The van der Waals surface area contributed by atoms with Gasteiger partial charge in [0.05, 0.1) is 12.6 Å². The minimum absolute atomic E-state index is 0.262. The normalized spacial score (nSPS) is 16.9. The Bertz CT molecular complexity index is 340. The Balaban J connectivity index is 2.17. The van der Waals surface area contributed by atoms with E-state index in [9.17, 15) is 4.79 Å². The van der Waals surface area contributed by atoms with Gasteiger partial charge in [0.2, 0.25) is 0 Å². The van der Waals surface area contributed by atoms with Crippen molar-refractivity contribution < 1.29 is 9.53 Å². The molecule has 0 unspecified atom stereocenters. The molecule has 0 spiro atoms. The Kier molecular flexibility index (Phi) is 3.04. The second-order valence-corrected chi connectivity index (χ2v) is 3.82. The van der Waals surface area contributed by atoms with Crippen LogP contribution in [0.25, 0.3) is 0 Å². The van der Waals surface area contributed by atoms with Crippen LogP contribution in [0.2, 0.25) is 0 Å². The lowest BCUT2D eigenvalue weighted by Gasteiger charge is -2.12. The number of carbonyl (C=O) groups excluding carboxylic acids is 1. The molecule has 0 amide bonds. The first kappa shape index (κ1) is 10.2. The fourth-order valence-electron chi connectivity index (χ4n) is 2.12. The average Bonchev–Trinajstić information content (AvgIpc) is 2.88. The molecule has 1 aliphatic rings. The second-order valence-electron chi connectivity index (χ2n) is 3.82. The molecular weight excluding hydrogens is 192 g/mol. The van der Waals surface area contributed by atoms with E-state index in [-0.39, 0.29) is 5.97 Å². The van der Waals surface area contributed by atoms with Gasteiger partial charge in [-0.15, -0.1) is 0 Å². The smallest absolute Gasteiger partial charge is 0.356 e. The third-order valence-electron chi connectivity index (χ3n) is 2.83. The van der Waals surface area contributed by atoms with Crippen molar-refractivity contribution in [1.82, 2.24) is 9.78 Å². The van der Waals surface area contributed by atoms with Gasteiger partial charge in [-0.3, -0.25) is 4.68 Å². The highest BCUT2D eigenvalue weighted by atomic mass is 16.5. The SMILES string of the molecule is CCOC(=O)c1ccnn1C1CCCC1. The van der Waals surface area contributed by atoms with Gasteiger partial charge in [0, 0.05) is 6.20 Å². The summed E-state index contributed by atoms with van der Waals surface area (Å²) >= 11 is 0. The van der Waals surface area contributed by atoms with Gasteiger partial charge in [-0.2, -0.15) is 5.10 Å². The summed E-state index contributed by atoms with van der Waals surface area (Å²) in [6, 6.07) is 2.12. The average molecular weight is 208 g/mol. The van der Waals surface area contributed by atoms with Crippen LogP contribution in [0.3, 0.4) is 0 Å². The van der Waals surface area contributed by atoms with Crippen molar-refractivity contribution >= 4 is 5.97 Å². The molecule has 0 bridgehead atoms. The van der Waals surface area contributed by atoms with Crippen molar-refractivity contribution in [3.05, 3.63) is 18.0 Å². The number of hydrogen-bond donors (Lipinski definition) is 0. The maximum atomic E-state index is 11.6. The molecule has 4 heteroatoms. The minimum atomic E-state index is -0.262. The molecule has 0 N–H and O–H groups in total. The van der Waals surface area contributed by atoms with Crippen LogP contribution in [-0.2, 0) is 4.74 Å². The number of aromatic nitrogens is 2. The van der Waals surface area contributed by atoms with Gasteiger partial charge in [0.25, 0.3) is 0 Å². The molecule has 0 radical (unpaired) electrons. The molecule has 0 atom stereocenters. The Morgan fingerprint density at radius 2 is 2.33 bits per heavy atom. The van der Waals surface area contributed by atoms with E-state index in [0.29, 0.717) is 18.3 Å². The molecule has 1 saturated carbocycles. The van der Waals surface area contributed by atoms with E-state index >= 15 is 0 Å². The number of nitrogens with zero attached hydrogens (tertiary/aromatic N) is 2. The van der Waals surface area contributed by atoms with Gasteiger partial charge in [0.15, 0.2) is 0 Å². The summed E-state index contributed by atoms with van der Waals surface area (Å²) in [5.41, 5.74) is 0.587. The molecule has 15 heavy (non-hydrogen) atoms. The zero-order valence-electron chi connectivity index (χ0n) is 8.98. The van der Waals surface area contributed by atoms with Gasteiger partial charge >= 0.3 is 5.97 Å². The molecule has 0 saturated heterocycles. The van der Waals surface area contributed by atoms with E-state index < -0.39 is 0 Å². The third kappa shape index (κ3) is 2.03. The molecular formula is C11H16N2O2. The number of carbonyl (C=O) groups is 1. The van der Waals surface area contributed by atoms with Crippen molar-refractivity contribution in [1.29, 1.82) is 0 Å². The third-order valence-corrected chi connectivity index (χ3v) is 2.83. The predicted molar refractivity (Wildman–Crippen MR) is 55.7 cm³/mol. The first-order valence-corrected chi connectivity index (χ1v) is 5.53. The molecule has 4 nitrogen and oxygen atoms in total. The summed E-state index contributed by atoms with van der Waals surface area (Å²) in [6.45, 7) is 2.23. The van der Waals surface area contributed by atoms with Crippen LogP contribution < -0.4 is 0 Å². The van der Waals surface area contributed by atoms with Crippen molar-refractivity contribution in [2.45, 2.75) is 38.6 Å². The van der Waals surface area contributed by atoms with Crippen LogP contribution in [0.15, 0.2) is 12.3 Å². The number of rotatable bonds is 3. The Labute approximate surface area is 89.2 Å². The monoisotopic (exact) mass is 208 g/mol. The lowest BCUT2D eigenvalue weighted by atomic mass is 10.2. The van der Waals surface area contributed by atoms with Crippen LogP contribution in [0, 0.1) is 0 Å². The number of ether oxygens (including phenoxy) is 1. The van der Waals surface area contributed by atoms with Gasteiger partial charge in [-0.05, 0) is 25.8 Å². The fourth-order valence-corrected chi connectivity index (χ4v) is 2.12. The number of hydrogen-bond acceptors (Lipinski definition) is 3. The summed E-state index contributed by atoms with van der Waals surface area (Å²) < 4.78 is 6.81. The van der Waals surface area contributed by atoms with Crippen molar-refractivity contribution in [2.24, 2.45) is 0 Å². The quantitative estimate of drug-likeness (QED) is 0.715. The zero-order chi connectivity index (χ0) is 10.7. The standard InChI is InChI=1S/C11H16N2O2/c1-2-15-11(14)10-7-8-12-13(10)9-5-3-4-6-9/h7-9H,2-6H2,1H3. The maximum Gasteiger partial charge on any atom is 0.356 e. The molecule has 1 aromatic heterocycles. The van der Waals surface area contributed by atoms with Crippen molar-refractivity contribution in [2.75, 3.05) is 6.61 Å². The Hall–Kier alpha value is -1.32. The maximum absolute atomic E-state index is 11.6. The molecule has 1 fully saturated rings. The van der Waals surface area contributed by atoms with Crippen LogP contribution >= 0.6 is 0 Å². The Morgan fingerprint density at radius 3 is 3.00 bits per heavy atom. The first-order chi connectivity index (χ1) is 7.33. The molecule has 1 aromatic rings. The highest BCUT2D eigenvalue weighted by Crippen LogP contribution is 2.29. The molecule has 1 aliphatic carbocycles. The van der Waals surface area contributed by atoms with Crippen LogP contribution in [0.1, 0.15) is 49.1 Å². The van der Waals surface area contributed by atoms with E-state index in [1.807, 2.05) is 11.6 Å². The van der Waals surface area contributed by atoms with Gasteiger partial charge in [-0.1, -0.05) is 12.8 Å². The number of esters is 1. The van der Waals surface area contributed by atoms with Gasteiger partial charge in [-0.25, -0.2) is 4.79 Å². The summed E-state index contributed by atoms with van der Waals surface area (Å²) in [4.78, 5) is 11.6. The van der Waals surface area contributed by atoms with E-state index in [1.165, 1.54) is 12.8 Å². The highest BCUT2D eigenvalue weighted by Gasteiger charge is 2.22. The van der Waals surface area contributed by atoms with Crippen LogP contribution in [0.4, 0.5) is 0 Å². The largest absolute Gasteiger partial charge is 0.461 e. The van der Waals surface area contributed by atoms with Crippen LogP contribution in [0.5, 0.6) is 0 Å². The van der Waals surface area contributed by atoms with Crippen molar-refractivity contribution in [3.8, 4) is 0 Å². The minimum Gasteiger partial charge on any atom is -0.461 e. The summed E-state index contributed by atoms with van der Waals surface area (Å²) in [7, 11) is 0. The first-order valence-electron chi connectivity index (χ1n) is 5.53. The summed E-state index contributed by atoms with van der Waals surface area (Å²) in [6.07, 6.45) is 6.37. The van der Waals surface area contributed by atoms with E-state index in [0.717, 1.165) is 12.8 Å². The second kappa shape index (κ2) is 4.47. The molecule has 0 aromatic carbocycles. The molecule has 2 rings (SSSR count). The summed E-state index contributed by atoms with van der Waals surface area (Å²) in [5, 5.41) is 4.22. The van der Waals surface area contributed by atoms with E-state index in [4.69, 9.17) is 4.74 Å². The molecule has 0 aliphatic heterocycles. The zero-order valence-corrected chi connectivity index (χ0v) is 8.98. The molecule has 1 heterocycles. The Morgan fingerprint density at radius 1 is 1.60 bits per heavy atom. The van der Waals surface area contributed by atoms with Crippen molar-refractivity contribution in [3.63, 3.8) is 0 Å². The highest BCUT2D eigenvalue weighted by molar-refractivity contribution is 5.87. The topological polar surface area (TPSA) is 44.1 Å². The van der Waals surface area contributed by atoms with E-state index in [1.54, 1.807) is 12.3 Å².